The number of alkyl halides is 3. The molecule has 0 unspecified atom stereocenters. The maximum absolute atomic E-state index is 13.8. The summed E-state index contributed by atoms with van der Waals surface area (Å²) in [4.78, 5) is 26.3. The number of carbonyl (C=O) groups is 2. The summed E-state index contributed by atoms with van der Waals surface area (Å²) >= 11 is 0. The van der Waals surface area contributed by atoms with Gasteiger partial charge in [-0.25, -0.2) is 9.18 Å². The predicted molar refractivity (Wildman–Crippen MR) is 113 cm³/mol. The van der Waals surface area contributed by atoms with Crippen LogP contribution in [0.1, 0.15) is 15.9 Å². The molecule has 0 saturated carbocycles. The molecule has 0 saturated heterocycles. The second-order valence-corrected chi connectivity index (χ2v) is 6.73. The fourth-order valence-electron chi connectivity index (χ4n) is 2.94. The summed E-state index contributed by atoms with van der Waals surface area (Å²) in [5.74, 6) is -1.32. The zero-order valence-electron chi connectivity index (χ0n) is 16.7. The number of para-hydroxylation sites is 1. The summed E-state index contributed by atoms with van der Waals surface area (Å²) in [6.45, 7) is -0.0208. The lowest BCUT2D eigenvalue weighted by atomic mass is 10.2. The van der Waals surface area contributed by atoms with E-state index in [0.29, 0.717) is 5.69 Å². The highest BCUT2D eigenvalue weighted by Gasteiger charge is 2.30. The minimum Gasteiger partial charge on any atom is -0.350 e. The van der Waals surface area contributed by atoms with E-state index < -0.39 is 29.5 Å². The summed E-state index contributed by atoms with van der Waals surface area (Å²) in [5, 5.41) is 4.98. The van der Waals surface area contributed by atoms with Crippen LogP contribution >= 0.6 is 0 Å². The third-order valence-corrected chi connectivity index (χ3v) is 4.49. The normalized spacial score (nSPS) is 11.0. The fourth-order valence-corrected chi connectivity index (χ4v) is 2.94. The van der Waals surface area contributed by atoms with Crippen LogP contribution in [0, 0.1) is 5.82 Å². The monoisotopic (exact) mass is 445 g/mol. The number of amides is 3. The summed E-state index contributed by atoms with van der Waals surface area (Å²) in [6.07, 6.45) is -4.54. The third kappa shape index (κ3) is 5.84. The SMILES string of the molecule is O=C(NCCN(C(=O)Nc1cccc(C(F)(F)F)c1)c1ccccc1)c1ccccc1F. The van der Waals surface area contributed by atoms with E-state index in [1.165, 1.54) is 35.2 Å². The van der Waals surface area contributed by atoms with Crippen LogP contribution in [0.3, 0.4) is 0 Å². The van der Waals surface area contributed by atoms with Gasteiger partial charge in [0.2, 0.25) is 0 Å². The van der Waals surface area contributed by atoms with E-state index >= 15 is 0 Å². The molecule has 3 aromatic carbocycles. The topological polar surface area (TPSA) is 61.4 Å². The molecule has 3 rings (SSSR count). The Hall–Kier alpha value is -3.88. The van der Waals surface area contributed by atoms with Gasteiger partial charge in [-0.05, 0) is 42.5 Å². The lowest BCUT2D eigenvalue weighted by molar-refractivity contribution is -0.137. The van der Waals surface area contributed by atoms with E-state index in [9.17, 15) is 27.2 Å². The van der Waals surface area contributed by atoms with Gasteiger partial charge in [-0.1, -0.05) is 36.4 Å². The lowest BCUT2D eigenvalue weighted by Crippen LogP contribution is -2.41. The van der Waals surface area contributed by atoms with Crippen molar-refractivity contribution < 1.29 is 27.2 Å². The fraction of sp³-hybridized carbons (Fsp3) is 0.130. The highest BCUT2D eigenvalue weighted by molar-refractivity contribution is 6.02. The van der Waals surface area contributed by atoms with Crippen molar-refractivity contribution in [3.8, 4) is 0 Å². The van der Waals surface area contributed by atoms with Crippen LogP contribution in [0.2, 0.25) is 0 Å². The van der Waals surface area contributed by atoms with Gasteiger partial charge in [-0.2, -0.15) is 13.2 Å². The Labute approximate surface area is 181 Å². The first-order chi connectivity index (χ1) is 15.3. The van der Waals surface area contributed by atoms with Crippen molar-refractivity contribution in [2.75, 3.05) is 23.3 Å². The molecule has 0 aliphatic heterocycles. The Kier molecular flexibility index (Phi) is 7.09. The van der Waals surface area contributed by atoms with Crippen LogP contribution in [-0.2, 0) is 6.18 Å². The van der Waals surface area contributed by atoms with Gasteiger partial charge >= 0.3 is 12.2 Å². The first-order valence-corrected chi connectivity index (χ1v) is 9.59. The Morgan fingerprint density at radius 1 is 0.875 bits per heavy atom. The van der Waals surface area contributed by atoms with Crippen molar-refractivity contribution in [3.05, 3.63) is 95.8 Å². The van der Waals surface area contributed by atoms with Gasteiger partial charge in [-0.3, -0.25) is 9.69 Å². The minimum atomic E-state index is -4.54. The molecule has 9 heteroatoms. The van der Waals surface area contributed by atoms with Gasteiger partial charge in [0.25, 0.3) is 5.91 Å². The first kappa shape index (κ1) is 22.8. The number of hydrogen-bond donors (Lipinski definition) is 2. The van der Waals surface area contributed by atoms with Crippen LogP contribution in [0.15, 0.2) is 78.9 Å². The van der Waals surface area contributed by atoms with Gasteiger partial charge in [0.1, 0.15) is 5.82 Å². The van der Waals surface area contributed by atoms with Crippen LogP contribution in [0.25, 0.3) is 0 Å². The van der Waals surface area contributed by atoms with Crippen LogP contribution in [0.4, 0.5) is 33.7 Å². The van der Waals surface area contributed by atoms with Gasteiger partial charge in [0.05, 0.1) is 11.1 Å². The van der Waals surface area contributed by atoms with Crippen LogP contribution in [-0.4, -0.2) is 25.0 Å². The number of carbonyl (C=O) groups excluding carboxylic acids is 2. The number of anilines is 2. The highest BCUT2D eigenvalue weighted by atomic mass is 19.4. The first-order valence-electron chi connectivity index (χ1n) is 9.59. The largest absolute Gasteiger partial charge is 0.416 e. The standard InChI is InChI=1S/C23H19F4N3O2/c24-20-12-5-4-11-19(20)21(31)28-13-14-30(18-9-2-1-3-10-18)22(32)29-17-8-6-7-16(15-17)23(25,26)27/h1-12,15H,13-14H2,(H,28,31)(H,29,32). The molecule has 0 aromatic heterocycles. The molecule has 3 amide bonds. The molecule has 5 nitrogen and oxygen atoms in total. The van der Waals surface area contributed by atoms with E-state index in [2.05, 4.69) is 10.6 Å². The molecular formula is C23H19F4N3O2. The summed E-state index contributed by atoms with van der Waals surface area (Å²) in [7, 11) is 0. The molecule has 0 radical (unpaired) electrons. The highest BCUT2D eigenvalue weighted by Crippen LogP contribution is 2.30. The van der Waals surface area contributed by atoms with E-state index in [-0.39, 0.29) is 24.3 Å². The molecule has 0 fully saturated rings. The molecule has 0 aliphatic rings. The maximum Gasteiger partial charge on any atom is 0.416 e. The van der Waals surface area contributed by atoms with E-state index in [1.807, 2.05) is 0 Å². The number of rotatable bonds is 6. The molecule has 0 spiro atoms. The van der Waals surface area contributed by atoms with Gasteiger partial charge in [0.15, 0.2) is 0 Å². The average molecular weight is 445 g/mol. The van der Waals surface area contributed by atoms with Crippen LogP contribution in [0.5, 0.6) is 0 Å². The van der Waals surface area contributed by atoms with Gasteiger partial charge in [0, 0.05) is 24.5 Å². The Bertz CT molecular complexity index is 1090. The summed E-state index contributed by atoms with van der Waals surface area (Å²) in [6, 6.07) is 17.5. The average Bonchev–Trinajstić information content (AvgIpc) is 2.77. The third-order valence-electron chi connectivity index (χ3n) is 4.49. The van der Waals surface area contributed by atoms with Gasteiger partial charge in [-0.15, -0.1) is 0 Å². The molecule has 166 valence electrons. The van der Waals surface area contributed by atoms with E-state index in [0.717, 1.165) is 18.2 Å². The van der Waals surface area contributed by atoms with Gasteiger partial charge < -0.3 is 10.6 Å². The quantitative estimate of drug-likeness (QED) is 0.505. The number of hydrogen-bond acceptors (Lipinski definition) is 2. The second kappa shape index (κ2) is 9.95. The molecule has 2 N–H and O–H groups in total. The molecular weight excluding hydrogens is 426 g/mol. The zero-order chi connectivity index (χ0) is 23.1. The number of nitrogens with zero attached hydrogens (tertiary/aromatic N) is 1. The van der Waals surface area contributed by atoms with Crippen molar-refractivity contribution in [2.24, 2.45) is 0 Å². The molecule has 0 heterocycles. The number of benzene rings is 3. The smallest absolute Gasteiger partial charge is 0.350 e. The molecule has 0 bridgehead atoms. The minimum absolute atomic E-state index is 0.00496. The van der Waals surface area contributed by atoms with Crippen LogP contribution < -0.4 is 15.5 Å². The zero-order valence-corrected chi connectivity index (χ0v) is 16.7. The van der Waals surface area contributed by atoms with Crippen molar-refractivity contribution in [1.29, 1.82) is 0 Å². The van der Waals surface area contributed by atoms with E-state index in [1.54, 1.807) is 30.3 Å². The lowest BCUT2D eigenvalue weighted by Gasteiger charge is -2.23. The number of halogens is 4. The van der Waals surface area contributed by atoms with Crippen molar-refractivity contribution in [3.63, 3.8) is 0 Å². The molecule has 3 aromatic rings. The molecule has 0 aliphatic carbocycles. The maximum atomic E-state index is 13.8. The van der Waals surface area contributed by atoms with Crippen molar-refractivity contribution in [1.82, 2.24) is 5.32 Å². The Balaban J connectivity index is 1.72. The summed E-state index contributed by atoms with van der Waals surface area (Å²) in [5.41, 5.74) is -0.579. The number of nitrogens with one attached hydrogen (secondary N) is 2. The Morgan fingerprint density at radius 3 is 2.25 bits per heavy atom. The molecule has 32 heavy (non-hydrogen) atoms. The number of urea groups is 1. The van der Waals surface area contributed by atoms with Crippen molar-refractivity contribution >= 4 is 23.3 Å². The molecule has 0 atom stereocenters. The second-order valence-electron chi connectivity index (χ2n) is 6.73. The predicted octanol–water partition coefficient (Wildman–Crippen LogP) is 5.31. The van der Waals surface area contributed by atoms with E-state index in [4.69, 9.17) is 0 Å². The summed E-state index contributed by atoms with van der Waals surface area (Å²) < 4.78 is 52.6. The Morgan fingerprint density at radius 2 is 1.56 bits per heavy atom. The van der Waals surface area contributed by atoms with Crippen molar-refractivity contribution in [2.45, 2.75) is 6.18 Å².